The fourth-order valence-electron chi connectivity index (χ4n) is 2.35. The lowest BCUT2D eigenvalue weighted by Gasteiger charge is -2.10. The molecular formula is C18H16ClN3O4S. The van der Waals surface area contributed by atoms with Crippen molar-refractivity contribution >= 4 is 56.0 Å². The summed E-state index contributed by atoms with van der Waals surface area (Å²) < 4.78 is 10.9. The quantitative estimate of drug-likeness (QED) is 0.596. The molecule has 0 aliphatic rings. The zero-order valence-corrected chi connectivity index (χ0v) is 16.1. The molecule has 140 valence electrons. The highest BCUT2D eigenvalue weighted by molar-refractivity contribution is 7.22. The van der Waals surface area contributed by atoms with Gasteiger partial charge in [0.25, 0.3) is 0 Å². The van der Waals surface area contributed by atoms with Gasteiger partial charge < -0.3 is 14.8 Å². The van der Waals surface area contributed by atoms with Crippen molar-refractivity contribution in [2.75, 3.05) is 24.4 Å². The van der Waals surface area contributed by atoms with Crippen molar-refractivity contribution in [1.29, 1.82) is 0 Å². The van der Waals surface area contributed by atoms with Gasteiger partial charge in [-0.05, 0) is 43.3 Å². The molecule has 3 rings (SSSR count). The van der Waals surface area contributed by atoms with E-state index in [1.54, 1.807) is 43.3 Å². The molecule has 1 aromatic heterocycles. The number of halogens is 1. The van der Waals surface area contributed by atoms with E-state index in [2.05, 4.69) is 15.6 Å². The van der Waals surface area contributed by atoms with Crippen LogP contribution in [0, 0.1) is 0 Å². The van der Waals surface area contributed by atoms with Gasteiger partial charge in [-0.3, -0.25) is 5.32 Å². The Hall–Kier alpha value is -2.84. The first-order chi connectivity index (χ1) is 13.0. The Morgan fingerprint density at radius 1 is 1.19 bits per heavy atom. The number of urea groups is 1. The first kappa shape index (κ1) is 18.9. The van der Waals surface area contributed by atoms with Crippen molar-refractivity contribution in [1.82, 2.24) is 4.98 Å². The van der Waals surface area contributed by atoms with Gasteiger partial charge in [-0.1, -0.05) is 22.9 Å². The van der Waals surface area contributed by atoms with Gasteiger partial charge in [-0.2, -0.15) is 0 Å². The molecule has 0 saturated heterocycles. The predicted molar refractivity (Wildman–Crippen MR) is 106 cm³/mol. The van der Waals surface area contributed by atoms with Crippen molar-refractivity contribution in [2.24, 2.45) is 0 Å². The zero-order valence-electron chi connectivity index (χ0n) is 14.5. The molecule has 27 heavy (non-hydrogen) atoms. The maximum Gasteiger partial charge on any atom is 0.338 e. The fourth-order valence-corrected chi connectivity index (χ4v) is 3.42. The molecule has 1 heterocycles. The van der Waals surface area contributed by atoms with E-state index in [9.17, 15) is 9.59 Å². The fraction of sp³-hybridized carbons (Fsp3) is 0.167. The number of hydrogen-bond acceptors (Lipinski definition) is 6. The maximum atomic E-state index is 12.3. The number of thiazole rings is 1. The third-order valence-electron chi connectivity index (χ3n) is 3.53. The minimum atomic E-state index is -0.486. The number of fused-ring (bicyclic) bond motifs is 1. The van der Waals surface area contributed by atoms with E-state index in [-0.39, 0.29) is 0 Å². The highest BCUT2D eigenvalue weighted by Crippen LogP contribution is 2.29. The Kier molecular flexibility index (Phi) is 5.78. The molecule has 0 spiro atoms. The summed E-state index contributed by atoms with van der Waals surface area (Å²) in [4.78, 5) is 28.4. The first-order valence-corrected chi connectivity index (χ1v) is 9.19. The van der Waals surface area contributed by atoms with Gasteiger partial charge in [-0.15, -0.1) is 0 Å². The van der Waals surface area contributed by atoms with Gasteiger partial charge in [-0.25, -0.2) is 14.6 Å². The second kappa shape index (κ2) is 8.24. The van der Waals surface area contributed by atoms with Crippen LogP contribution in [-0.2, 0) is 4.74 Å². The molecule has 2 aromatic carbocycles. The van der Waals surface area contributed by atoms with E-state index in [1.807, 2.05) is 0 Å². The van der Waals surface area contributed by atoms with Crippen molar-refractivity contribution in [3.05, 3.63) is 47.0 Å². The Balaban J connectivity index is 1.75. The summed E-state index contributed by atoms with van der Waals surface area (Å²) in [6.45, 7) is 2.05. The monoisotopic (exact) mass is 405 g/mol. The Morgan fingerprint density at radius 3 is 2.74 bits per heavy atom. The third-order valence-corrected chi connectivity index (χ3v) is 4.70. The molecule has 0 radical (unpaired) electrons. The number of hydrogen-bond donors (Lipinski definition) is 2. The van der Waals surface area contributed by atoms with Gasteiger partial charge >= 0.3 is 12.0 Å². The highest BCUT2D eigenvalue weighted by Gasteiger charge is 2.13. The summed E-state index contributed by atoms with van der Waals surface area (Å²) in [7, 11) is 1.50. The normalized spacial score (nSPS) is 10.5. The summed E-state index contributed by atoms with van der Waals surface area (Å²) in [5.74, 6) is 0.0889. The van der Waals surface area contributed by atoms with Gasteiger partial charge in [0.05, 0.1) is 35.2 Å². The number of amides is 2. The van der Waals surface area contributed by atoms with Crippen LogP contribution in [0.25, 0.3) is 10.2 Å². The van der Waals surface area contributed by atoms with Crippen LogP contribution in [-0.4, -0.2) is 30.7 Å². The minimum Gasteiger partial charge on any atom is -0.495 e. The van der Waals surface area contributed by atoms with E-state index in [1.165, 1.54) is 18.4 Å². The molecule has 0 atom stereocenters. The van der Waals surface area contributed by atoms with Crippen molar-refractivity contribution in [2.45, 2.75) is 6.92 Å². The van der Waals surface area contributed by atoms with E-state index in [0.717, 1.165) is 4.70 Å². The van der Waals surface area contributed by atoms with Crippen LogP contribution in [0.5, 0.6) is 5.75 Å². The number of ether oxygens (including phenoxy) is 2. The Bertz CT molecular complexity index is 1010. The van der Waals surface area contributed by atoms with Crippen LogP contribution < -0.4 is 15.4 Å². The second-order valence-corrected chi connectivity index (χ2v) is 6.81. The molecule has 7 nitrogen and oxygen atoms in total. The first-order valence-electron chi connectivity index (χ1n) is 7.99. The number of carbonyl (C=O) groups is 2. The molecule has 0 aliphatic heterocycles. The average molecular weight is 406 g/mol. The van der Waals surface area contributed by atoms with Crippen molar-refractivity contribution in [3.8, 4) is 5.75 Å². The SMILES string of the molecule is CCOC(=O)c1ccc2nc(NC(=O)Nc3cc(Cl)ccc3OC)sc2c1. The van der Waals surface area contributed by atoms with Gasteiger partial charge in [0.1, 0.15) is 5.75 Å². The Morgan fingerprint density at radius 2 is 2.00 bits per heavy atom. The molecular weight excluding hydrogens is 390 g/mol. The van der Waals surface area contributed by atoms with Gasteiger partial charge in [0.15, 0.2) is 5.13 Å². The average Bonchev–Trinajstić information content (AvgIpc) is 3.03. The van der Waals surface area contributed by atoms with E-state index in [0.29, 0.717) is 39.3 Å². The molecule has 3 aromatic rings. The van der Waals surface area contributed by atoms with Crippen LogP contribution in [0.15, 0.2) is 36.4 Å². The number of nitrogens with zero attached hydrogens (tertiary/aromatic N) is 1. The number of esters is 1. The summed E-state index contributed by atoms with van der Waals surface area (Å²) in [6.07, 6.45) is 0. The van der Waals surface area contributed by atoms with Crippen molar-refractivity contribution in [3.63, 3.8) is 0 Å². The molecule has 2 N–H and O–H groups in total. The van der Waals surface area contributed by atoms with Crippen LogP contribution in [0.4, 0.5) is 15.6 Å². The molecule has 0 saturated carbocycles. The summed E-state index contributed by atoms with van der Waals surface area (Å²) in [6, 6.07) is 9.46. The molecule has 0 aliphatic carbocycles. The molecule has 9 heteroatoms. The lowest BCUT2D eigenvalue weighted by molar-refractivity contribution is 0.0526. The Labute approximate surface area is 164 Å². The number of carbonyl (C=O) groups excluding carboxylic acids is 2. The summed E-state index contributed by atoms with van der Waals surface area (Å²) in [5, 5.41) is 6.20. The van der Waals surface area contributed by atoms with E-state index < -0.39 is 12.0 Å². The standard InChI is InChI=1S/C18H16ClN3O4S/c1-3-26-16(23)10-4-6-12-15(8-10)27-18(21-12)22-17(24)20-13-9-11(19)5-7-14(13)25-2/h4-9H,3H2,1-2H3,(H2,20,21,22,24). The van der Waals surface area contributed by atoms with Crippen molar-refractivity contribution < 1.29 is 19.1 Å². The number of benzene rings is 2. The molecule has 0 fully saturated rings. The lowest BCUT2D eigenvalue weighted by Crippen LogP contribution is -2.19. The van der Waals surface area contributed by atoms with E-state index >= 15 is 0 Å². The second-order valence-electron chi connectivity index (χ2n) is 5.35. The van der Waals surface area contributed by atoms with Crippen LogP contribution in [0.3, 0.4) is 0 Å². The van der Waals surface area contributed by atoms with E-state index in [4.69, 9.17) is 21.1 Å². The predicted octanol–water partition coefficient (Wildman–Crippen LogP) is 4.78. The molecule has 2 amide bonds. The largest absolute Gasteiger partial charge is 0.495 e. The number of anilines is 2. The minimum absolute atomic E-state index is 0.305. The smallest absolute Gasteiger partial charge is 0.338 e. The van der Waals surface area contributed by atoms with Gasteiger partial charge in [0.2, 0.25) is 0 Å². The third kappa shape index (κ3) is 4.47. The number of nitrogens with one attached hydrogen (secondary N) is 2. The lowest BCUT2D eigenvalue weighted by atomic mass is 10.2. The van der Waals surface area contributed by atoms with Crippen LogP contribution in [0.1, 0.15) is 17.3 Å². The number of methoxy groups -OCH3 is 1. The number of rotatable bonds is 5. The molecule has 0 bridgehead atoms. The topological polar surface area (TPSA) is 89.5 Å². The molecule has 0 unspecified atom stereocenters. The van der Waals surface area contributed by atoms with Crippen LogP contribution >= 0.6 is 22.9 Å². The summed E-state index contributed by atoms with van der Waals surface area (Å²) >= 11 is 7.21. The zero-order chi connectivity index (χ0) is 19.4. The van der Waals surface area contributed by atoms with Crippen LogP contribution in [0.2, 0.25) is 5.02 Å². The number of aromatic nitrogens is 1. The summed E-state index contributed by atoms with van der Waals surface area (Å²) in [5.41, 5.74) is 1.55. The highest BCUT2D eigenvalue weighted by atomic mass is 35.5. The van der Waals surface area contributed by atoms with Gasteiger partial charge in [0, 0.05) is 5.02 Å². The maximum absolute atomic E-state index is 12.3.